The SMILES string of the molecule is N#CC1=C(N)O[C@@H]2[C@@H](C(C(F)(F)F)=NN2c2ccccc2)[C@H]1c1ccc(Cl)cc1. The van der Waals surface area contributed by atoms with Crippen LogP contribution in [0.25, 0.3) is 0 Å². The van der Waals surface area contributed by atoms with Gasteiger partial charge in [-0.1, -0.05) is 41.9 Å². The summed E-state index contributed by atoms with van der Waals surface area (Å²) >= 11 is 5.93. The second-order valence-electron chi connectivity index (χ2n) is 6.62. The van der Waals surface area contributed by atoms with Crippen LogP contribution in [-0.2, 0) is 4.74 Å². The van der Waals surface area contributed by atoms with Crippen molar-refractivity contribution < 1.29 is 17.9 Å². The van der Waals surface area contributed by atoms with E-state index >= 15 is 0 Å². The fraction of sp³-hybridized carbons (Fsp3) is 0.200. The van der Waals surface area contributed by atoms with Crippen LogP contribution in [0.2, 0.25) is 5.02 Å². The van der Waals surface area contributed by atoms with Gasteiger partial charge in [0.25, 0.3) is 0 Å². The van der Waals surface area contributed by atoms with Crippen molar-refractivity contribution in [1.82, 2.24) is 0 Å². The molecule has 2 aromatic carbocycles. The Hall–Kier alpha value is -3.18. The van der Waals surface area contributed by atoms with Gasteiger partial charge in [0.1, 0.15) is 6.07 Å². The van der Waals surface area contributed by atoms with Gasteiger partial charge in [0, 0.05) is 10.9 Å². The van der Waals surface area contributed by atoms with Crippen molar-refractivity contribution in [2.75, 3.05) is 5.01 Å². The maximum absolute atomic E-state index is 13.9. The Morgan fingerprint density at radius 1 is 1.10 bits per heavy atom. The predicted octanol–water partition coefficient (Wildman–Crippen LogP) is 4.53. The summed E-state index contributed by atoms with van der Waals surface area (Å²) in [4.78, 5) is 0. The lowest BCUT2D eigenvalue weighted by molar-refractivity contribution is -0.0658. The zero-order valence-electron chi connectivity index (χ0n) is 14.8. The first-order valence-corrected chi connectivity index (χ1v) is 9.01. The number of benzene rings is 2. The number of hydrazone groups is 1. The molecule has 29 heavy (non-hydrogen) atoms. The summed E-state index contributed by atoms with van der Waals surface area (Å²) in [6, 6.07) is 16.6. The second kappa shape index (κ2) is 7.01. The molecule has 0 amide bonds. The molecule has 0 saturated heterocycles. The third-order valence-corrected chi connectivity index (χ3v) is 5.18. The molecule has 9 heteroatoms. The van der Waals surface area contributed by atoms with Crippen LogP contribution in [0.4, 0.5) is 18.9 Å². The molecule has 2 N–H and O–H groups in total. The molecule has 0 aromatic heterocycles. The number of allylic oxidation sites excluding steroid dienone is 1. The van der Waals surface area contributed by atoms with E-state index in [1.54, 1.807) is 54.6 Å². The zero-order chi connectivity index (χ0) is 20.8. The fourth-order valence-electron chi connectivity index (χ4n) is 3.70. The molecule has 2 aliphatic heterocycles. The van der Waals surface area contributed by atoms with Gasteiger partial charge in [0.2, 0.25) is 12.1 Å². The third kappa shape index (κ3) is 3.28. The quantitative estimate of drug-likeness (QED) is 0.777. The Morgan fingerprint density at radius 3 is 2.34 bits per heavy atom. The Bertz CT molecular complexity index is 1030. The van der Waals surface area contributed by atoms with Crippen molar-refractivity contribution in [2.45, 2.75) is 18.3 Å². The Kier molecular flexibility index (Phi) is 4.63. The van der Waals surface area contributed by atoms with Crippen molar-refractivity contribution >= 4 is 23.0 Å². The number of rotatable bonds is 2. The molecule has 0 spiro atoms. The standard InChI is InChI=1S/C20H14ClF3N4O/c21-12-8-6-11(7-9-12)15-14(10-25)18(26)29-19-16(15)17(20(22,23)24)27-28(19)13-4-2-1-3-5-13/h1-9,15-16,19H,26H2/t15-,16+,19+/m0/s1. The van der Waals surface area contributed by atoms with Gasteiger partial charge in [0.15, 0.2) is 5.71 Å². The van der Waals surface area contributed by atoms with E-state index in [1.165, 1.54) is 0 Å². The van der Waals surface area contributed by atoms with Crippen LogP contribution < -0.4 is 10.7 Å². The number of fused-ring (bicyclic) bond motifs is 1. The first-order chi connectivity index (χ1) is 13.8. The summed E-state index contributed by atoms with van der Waals surface area (Å²) in [5.41, 5.74) is 5.75. The largest absolute Gasteiger partial charge is 0.452 e. The number of halogens is 4. The Morgan fingerprint density at radius 2 is 1.76 bits per heavy atom. The fourth-order valence-corrected chi connectivity index (χ4v) is 3.82. The first kappa shape index (κ1) is 19.2. The highest BCUT2D eigenvalue weighted by Crippen LogP contribution is 2.48. The zero-order valence-corrected chi connectivity index (χ0v) is 15.5. The molecule has 0 fully saturated rings. The summed E-state index contributed by atoms with van der Waals surface area (Å²) in [6.45, 7) is 0. The molecule has 3 atom stereocenters. The second-order valence-corrected chi connectivity index (χ2v) is 7.05. The van der Waals surface area contributed by atoms with E-state index in [1.807, 2.05) is 6.07 Å². The summed E-state index contributed by atoms with van der Waals surface area (Å²) < 4.78 is 47.4. The predicted molar refractivity (Wildman–Crippen MR) is 102 cm³/mol. The number of nitrogens with zero attached hydrogens (tertiary/aromatic N) is 3. The molecule has 5 nitrogen and oxygen atoms in total. The van der Waals surface area contributed by atoms with Gasteiger partial charge >= 0.3 is 6.18 Å². The monoisotopic (exact) mass is 418 g/mol. The third-order valence-electron chi connectivity index (χ3n) is 4.92. The number of nitriles is 1. The Balaban J connectivity index is 1.90. The highest BCUT2D eigenvalue weighted by atomic mass is 35.5. The van der Waals surface area contributed by atoms with Crippen molar-refractivity contribution in [3.8, 4) is 6.07 Å². The minimum absolute atomic E-state index is 0.0690. The average Bonchev–Trinajstić information content (AvgIpc) is 3.08. The normalized spacial score (nSPS) is 23.9. The van der Waals surface area contributed by atoms with E-state index in [9.17, 15) is 18.4 Å². The summed E-state index contributed by atoms with van der Waals surface area (Å²) in [6.07, 6.45) is -5.86. The van der Waals surface area contributed by atoms with Crippen LogP contribution in [-0.4, -0.2) is 18.1 Å². The number of nitrogens with two attached hydrogens (primary N) is 1. The molecular formula is C20H14ClF3N4O. The summed E-state index contributed by atoms with van der Waals surface area (Å²) in [7, 11) is 0. The maximum Gasteiger partial charge on any atom is 0.431 e. The molecule has 0 aliphatic carbocycles. The van der Waals surface area contributed by atoms with Gasteiger partial charge in [-0.15, -0.1) is 0 Å². The lowest BCUT2D eigenvalue weighted by Crippen LogP contribution is -2.46. The van der Waals surface area contributed by atoms with Crippen LogP contribution in [0.15, 0.2) is 71.2 Å². The number of hydrogen-bond acceptors (Lipinski definition) is 5. The minimum atomic E-state index is -4.72. The summed E-state index contributed by atoms with van der Waals surface area (Å²) in [5, 5.41) is 15.1. The van der Waals surface area contributed by atoms with Gasteiger partial charge in [-0.05, 0) is 29.8 Å². The van der Waals surface area contributed by atoms with Gasteiger partial charge in [-0.3, -0.25) is 0 Å². The molecule has 0 radical (unpaired) electrons. The average molecular weight is 419 g/mol. The number of anilines is 1. The molecule has 2 aromatic rings. The van der Waals surface area contributed by atoms with Crippen molar-refractivity contribution in [2.24, 2.45) is 16.8 Å². The topological polar surface area (TPSA) is 74.6 Å². The number of ether oxygens (including phenoxy) is 1. The molecule has 2 heterocycles. The summed E-state index contributed by atoms with van der Waals surface area (Å²) in [5.74, 6) is -2.48. The molecule has 0 saturated carbocycles. The van der Waals surface area contributed by atoms with Gasteiger partial charge in [0.05, 0.1) is 17.2 Å². The van der Waals surface area contributed by atoms with Crippen LogP contribution in [0.5, 0.6) is 0 Å². The van der Waals surface area contributed by atoms with E-state index in [0.29, 0.717) is 16.3 Å². The van der Waals surface area contributed by atoms with E-state index in [4.69, 9.17) is 22.1 Å². The molecule has 4 rings (SSSR count). The van der Waals surface area contributed by atoms with E-state index in [-0.39, 0.29) is 11.5 Å². The van der Waals surface area contributed by atoms with Crippen molar-refractivity contribution in [1.29, 1.82) is 5.26 Å². The van der Waals surface area contributed by atoms with Crippen LogP contribution >= 0.6 is 11.6 Å². The lowest BCUT2D eigenvalue weighted by Gasteiger charge is -2.37. The van der Waals surface area contributed by atoms with Crippen LogP contribution in [0, 0.1) is 17.2 Å². The van der Waals surface area contributed by atoms with Gasteiger partial charge in [-0.25, -0.2) is 5.01 Å². The van der Waals surface area contributed by atoms with E-state index in [0.717, 1.165) is 5.01 Å². The van der Waals surface area contributed by atoms with Gasteiger partial charge in [-0.2, -0.15) is 23.5 Å². The van der Waals surface area contributed by atoms with Crippen LogP contribution in [0.1, 0.15) is 11.5 Å². The smallest absolute Gasteiger partial charge is 0.431 e. The highest BCUT2D eigenvalue weighted by Gasteiger charge is 2.57. The number of para-hydroxylation sites is 1. The molecular weight excluding hydrogens is 405 g/mol. The van der Waals surface area contributed by atoms with E-state index in [2.05, 4.69) is 5.10 Å². The van der Waals surface area contributed by atoms with Crippen molar-refractivity contribution in [3.63, 3.8) is 0 Å². The lowest BCUT2D eigenvalue weighted by atomic mass is 9.76. The maximum atomic E-state index is 13.9. The van der Waals surface area contributed by atoms with Crippen molar-refractivity contribution in [3.05, 3.63) is 76.6 Å². The molecule has 2 aliphatic rings. The molecule has 0 bridgehead atoms. The highest BCUT2D eigenvalue weighted by molar-refractivity contribution is 6.30. The number of hydrogen-bond donors (Lipinski definition) is 1. The Labute approximate surface area is 169 Å². The molecule has 0 unspecified atom stereocenters. The van der Waals surface area contributed by atoms with E-state index < -0.39 is 30.0 Å². The molecule has 148 valence electrons. The first-order valence-electron chi connectivity index (χ1n) is 8.63. The van der Waals surface area contributed by atoms with Gasteiger partial charge < -0.3 is 10.5 Å². The number of alkyl halides is 3. The minimum Gasteiger partial charge on any atom is -0.452 e. The van der Waals surface area contributed by atoms with Crippen LogP contribution in [0.3, 0.4) is 0 Å².